The molecule has 132 valence electrons. The number of hydrogen-bond acceptors (Lipinski definition) is 8. The fraction of sp³-hybridized carbons (Fsp3) is 0.125. The van der Waals surface area contributed by atoms with Crippen molar-refractivity contribution in [3.63, 3.8) is 0 Å². The second-order valence-electron chi connectivity index (χ2n) is 5.27. The molecule has 2 N–H and O–H groups in total. The van der Waals surface area contributed by atoms with Gasteiger partial charge in [-0.05, 0) is 30.3 Å². The molecule has 0 bridgehead atoms. The van der Waals surface area contributed by atoms with Crippen molar-refractivity contribution < 1.29 is 4.42 Å². The van der Waals surface area contributed by atoms with Gasteiger partial charge in [0.2, 0.25) is 5.13 Å². The molecule has 3 heterocycles. The number of nitrogens with zero attached hydrogens (tertiary/aromatic N) is 3. The fourth-order valence-corrected chi connectivity index (χ4v) is 4.06. The lowest BCUT2D eigenvalue weighted by Crippen LogP contribution is -2.11. The summed E-state index contributed by atoms with van der Waals surface area (Å²) in [6.07, 6.45) is 1.63. The van der Waals surface area contributed by atoms with Crippen LogP contribution in [0.25, 0.3) is 10.9 Å². The summed E-state index contributed by atoms with van der Waals surface area (Å²) in [6.45, 7) is 0.550. The van der Waals surface area contributed by atoms with E-state index in [1.54, 1.807) is 24.5 Å². The molecule has 0 saturated carbocycles. The van der Waals surface area contributed by atoms with Crippen LogP contribution in [0.2, 0.25) is 5.02 Å². The van der Waals surface area contributed by atoms with Crippen LogP contribution in [0.4, 0.5) is 5.13 Å². The van der Waals surface area contributed by atoms with E-state index in [2.05, 4.69) is 25.5 Å². The third kappa shape index (κ3) is 3.90. The van der Waals surface area contributed by atoms with Gasteiger partial charge in [-0.3, -0.25) is 4.79 Å². The molecule has 0 radical (unpaired) electrons. The van der Waals surface area contributed by atoms with Crippen LogP contribution in [0.5, 0.6) is 0 Å². The Balaban J connectivity index is 1.42. The largest absolute Gasteiger partial charge is 0.467 e. The molecule has 4 rings (SSSR count). The first kappa shape index (κ1) is 17.1. The van der Waals surface area contributed by atoms with E-state index < -0.39 is 0 Å². The second kappa shape index (κ2) is 7.48. The molecule has 0 spiro atoms. The number of furan rings is 1. The van der Waals surface area contributed by atoms with Gasteiger partial charge in [0, 0.05) is 5.02 Å². The monoisotopic (exact) mass is 405 g/mol. The highest BCUT2D eigenvalue weighted by Gasteiger charge is 2.09. The number of halogens is 1. The third-order valence-electron chi connectivity index (χ3n) is 3.45. The quantitative estimate of drug-likeness (QED) is 0.469. The zero-order valence-electron chi connectivity index (χ0n) is 13.2. The molecule has 0 aliphatic rings. The van der Waals surface area contributed by atoms with Gasteiger partial charge in [-0.1, -0.05) is 34.7 Å². The van der Waals surface area contributed by atoms with Gasteiger partial charge < -0.3 is 14.7 Å². The summed E-state index contributed by atoms with van der Waals surface area (Å²) < 4.78 is 6.04. The van der Waals surface area contributed by atoms with E-state index in [1.807, 2.05) is 12.1 Å². The molecule has 0 aliphatic heterocycles. The Bertz CT molecular complexity index is 1090. The number of benzene rings is 1. The molecule has 0 amide bonds. The van der Waals surface area contributed by atoms with Crippen molar-refractivity contribution in [1.82, 2.24) is 20.2 Å². The van der Waals surface area contributed by atoms with E-state index in [0.717, 1.165) is 10.1 Å². The molecule has 0 saturated heterocycles. The van der Waals surface area contributed by atoms with Gasteiger partial charge in [0.25, 0.3) is 5.56 Å². The molecule has 10 heteroatoms. The smallest absolute Gasteiger partial charge is 0.258 e. The maximum Gasteiger partial charge on any atom is 0.258 e. The van der Waals surface area contributed by atoms with Crippen molar-refractivity contribution in [2.24, 2.45) is 0 Å². The van der Waals surface area contributed by atoms with Gasteiger partial charge in [-0.25, -0.2) is 4.98 Å². The Morgan fingerprint density at radius 3 is 3.08 bits per heavy atom. The molecule has 26 heavy (non-hydrogen) atoms. The molecule has 0 aliphatic carbocycles. The van der Waals surface area contributed by atoms with Crippen LogP contribution in [0.15, 0.2) is 50.1 Å². The molecular weight excluding hydrogens is 394 g/mol. The van der Waals surface area contributed by atoms with Gasteiger partial charge >= 0.3 is 0 Å². The van der Waals surface area contributed by atoms with Crippen LogP contribution in [0, 0.1) is 0 Å². The van der Waals surface area contributed by atoms with Crippen molar-refractivity contribution in [3.8, 4) is 0 Å². The zero-order valence-corrected chi connectivity index (χ0v) is 15.6. The highest BCUT2D eigenvalue weighted by molar-refractivity contribution is 8.00. The summed E-state index contributed by atoms with van der Waals surface area (Å²) in [5.41, 5.74) is 0.415. The number of rotatable bonds is 6. The maximum absolute atomic E-state index is 12.2. The number of anilines is 1. The fourth-order valence-electron chi connectivity index (χ4n) is 2.27. The minimum absolute atomic E-state index is 0.203. The van der Waals surface area contributed by atoms with Gasteiger partial charge in [0.15, 0.2) is 4.34 Å². The van der Waals surface area contributed by atoms with E-state index in [-0.39, 0.29) is 5.56 Å². The van der Waals surface area contributed by atoms with E-state index in [9.17, 15) is 4.79 Å². The van der Waals surface area contributed by atoms with Gasteiger partial charge in [0.1, 0.15) is 11.6 Å². The summed E-state index contributed by atoms with van der Waals surface area (Å²) >= 11 is 8.82. The van der Waals surface area contributed by atoms with Crippen LogP contribution >= 0.6 is 34.7 Å². The number of fused-ring (bicyclic) bond motifs is 1. The van der Waals surface area contributed by atoms with Crippen molar-refractivity contribution in [1.29, 1.82) is 0 Å². The first-order valence-corrected chi connectivity index (χ1v) is 9.76. The predicted octanol–water partition coefficient (Wildman–Crippen LogP) is 3.93. The Labute approximate surface area is 160 Å². The Morgan fingerprint density at radius 1 is 1.31 bits per heavy atom. The summed E-state index contributed by atoms with van der Waals surface area (Å²) in [5, 5.41) is 13.1. The van der Waals surface area contributed by atoms with Crippen molar-refractivity contribution >= 4 is 50.7 Å². The number of aromatic nitrogens is 4. The lowest BCUT2D eigenvalue weighted by Gasteiger charge is -2.02. The van der Waals surface area contributed by atoms with E-state index in [4.69, 9.17) is 16.0 Å². The van der Waals surface area contributed by atoms with Crippen LogP contribution < -0.4 is 10.9 Å². The molecular formula is C16H12ClN5O2S2. The second-order valence-corrected chi connectivity index (χ2v) is 7.91. The Morgan fingerprint density at radius 2 is 2.23 bits per heavy atom. The number of aromatic amines is 1. The Kier molecular flexibility index (Phi) is 4.91. The summed E-state index contributed by atoms with van der Waals surface area (Å²) in [6, 6.07) is 8.79. The molecule has 1 aromatic carbocycles. The molecule has 7 nitrogen and oxygen atoms in total. The van der Waals surface area contributed by atoms with Crippen molar-refractivity contribution in [3.05, 3.63) is 63.6 Å². The van der Waals surface area contributed by atoms with E-state index >= 15 is 0 Å². The molecule has 4 aromatic rings. The van der Waals surface area contributed by atoms with E-state index in [1.165, 1.54) is 23.1 Å². The summed E-state index contributed by atoms with van der Waals surface area (Å²) in [4.78, 5) is 19.4. The SMILES string of the molecule is O=c1[nH]c(CSc2nnc(NCc3ccco3)s2)nc2ccc(Cl)cc12. The first-order valence-electron chi connectivity index (χ1n) is 7.58. The molecule has 0 fully saturated rings. The number of hydrogen-bond donors (Lipinski definition) is 2. The molecule has 0 atom stereocenters. The van der Waals surface area contributed by atoms with Crippen LogP contribution in [0.1, 0.15) is 11.6 Å². The first-order chi connectivity index (χ1) is 12.7. The normalized spacial score (nSPS) is 11.1. The maximum atomic E-state index is 12.2. The summed E-state index contributed by atoms with van der Waals surface area (Å²) in [5.74, 6) is 1.89. The average molecular weight is 406 g/mol. The number of H-pyrrole nitrogens is 1. The van der Waals surface area contributed by atoms with Crippen LogP contribution in [0.3, 0.4) is 0 Å². The number of nitrogens with one attached hydrogen (secondary N) is 2. The topological polar surface area (TPSA) is 96.7 Å². The summed E-state index contributed by atoms with van der Waals surface area (Å²) in [7, 11) is 0. The van der Waals surface area contributed by atoms with Gasteiger partial charge in [-0.15, -0.1) is 10.2 Å². The van der Waals surface area contributed by atoms with Crippen LogP contribution in [-0.4, -0.2) is 20.2 Å². The lowest BCUT2D eigenvalue weighted by atomic mass is 10.2. The number of thioether (sulfide) groups is 1. The Hall–Kier alpha value is -2.36. The van der Waals surface area contributed by atoms with Crippen LogP contribution in [-0.2, 0) is 12.3 Å². The molecule has 0 unspecified atom stereocenters. The van der Waals surface area contributed by atoms with Gasteiger partial charge in [0.05, 0.1) is 29.5 Å². The average Bonchev–Trinajstić information content (AvgIpc) is 3.30. The van der Waals surface area contributed by atoms with Crippen molar-refractivity contribution in [2.75, 3.05) is 5.32 Å². The molecule has 3 aromatic heterocycles. The lowest BCUT2D eigenvalue weighted by molar-refractivity contribution is 0.518. The van der Waals surface area contributed by atoms with Gasteiger partial charge in [-0.2, -0.15) is 0 Å². The van der Waals surface area contributed by atoms with E-state index in [0.29, 0.717) is 39.2 Å². The predicted molar refractivity (Wildman–Crippen MR) is 103 cm³/mol. The minimum Gasteiger partial charge on any atom is -0.467 e. The third-order valence-corrected chi connectivity index (χ3v) is 5.71. The van der Waals surface area contributed by atoms with Crippen molar-refractivity contribution in [2.45, 2.75) is 16.6 Å². The zero-order chi connectivity index (χ0) is 17.9. The minimum atomic E-state index is -0.203. The standard InChI is InChI=1S/C16H12ClN5O2S2/c17-9-3-4-12-11(6-9)14(23)20-13(19-12)8-25-16-22-21-15(26-16)18-7-10-2-1-5-24-10/h1-6H,7-8H2,(H,18,21)(H,19,20,23). The highest BCUT2D eigenvalue weighted by Crippen LogP contribution is 2.28. The highest BCUT2D eigenvalue weighted by atomic mass is 35.5.